The number of anilines is 1. The van der Waals surface area contributed by atoms with E-state index in [0.717, 1.165) is 45.4 Å². The van der Waals surface area contributed by atoms with Crippen molar-refractivity contribution in [2.45, 2.75) is 24.2 Å². The van der Waals surface area contributed by atoms with Crippen LogP contribution in [0.1, 0.15) is 28.2 Å². The molecule has 148 valence electrons. The van der Waals surface area contributed by atoms with Gasteiger partial charge in [-0.1, -0.05) is 0 Å². The number of carbonyl (C=O) groups excluding carboxylic acids is 2. The highest BCUT2D eigenvalue weighted by Crippen LogP contribution is 2.31. The van der Waals surface area contributed by atoms with Crippen LogP contribution in [-0.4, -0.2) is 34.1 Å². The van der Waals surface area contributed by atoms with Crippen molar-refractivity contribution in [3.8, 4) is 11.3 Å². The first-order valence-corrected chi connectivity index (χ1v) is 11.3. The molecule has 0 unspecified atom stereocenters. The second-order valence-corrected chi connectivity index (χ2v) is 8.66. The third-order valence-corrected chi connectivity index (χ3v) is 6.47. The molecule has 8 heteroatoms. The number of thiazole rings is 1. The van der Waals surface area contributed by atoms with Crippen LogP contribution in [0.25, 0.3) is 11.3 Å². The molecule has 29 heavy (non-hydrogen) atoms. The lowest BCUT2D eigenvalue weighted by molar-refractivity contribution is -0.115. The predicted molar refractivity (Wildman–Crippen MR) is 116 cm³/mol. The van der Waals surface area contributed by atoms with Crippen molar-refractivity contribution < 1.29 is 9.59 Å². The molecule has 0 radical (unpaired) electrons. The van der Waals surface area contributed by atoms with E-state index in [4.69, 9.17) is 0 Å². The molecule has 0 saturated carbocycles. The van der Waals surface area contributed by atoms with Crippen LogP contribution in [-0.2, 0) is 11.2 Å². The zero-order chi connectivity index (χ0) is 20.1. The Hall–Kier alpha value is -2.71. The Kier molecular flexibility index (Phi) is 6.21. The number of fused-ring (bicyclic) bond motifs is 1. The van der Waals surface area contributed by atoms with Crippen molar-refractivity contribution in [1.82, 2.24) is 15.3 Å². The molecule has 2 amide bonds. The molecule has 0 saturated heterocycles. The lowest BCUT2D eigenvalue weighted by Gasteiger charge is -2.09. The summed E-state index contributed by atoms with van der Waals surface area (Å²) in [4.78, 5) is 33.9. The quantitative estimate of drug-likeness (QED) is 0.584. The molecule has 1 aliphatic heterocycles. The minimum atomic E-state index is -0.132. The normalized spacial score (nSPS) is 13.3. The van der Waals surface area contributed by atoms with E-state index in [1.807, 2.05) is 23.6 Å². The molecule has 2 aromatic heterocycles. The summed E-state index contributed by atoms with van der Waals surface area (Å²) in [5.74, 6) is 0.612. The van der Waals surface area contributed by atoms with E-state index in [1.165, 1.54) is 0 Å². The van der Waals surface area contributed by atoms with E-state index in [2.05, 4.69) is 20.6 Å². The van der Waals surface area contributed by atoms with Crippen LogP contribution in [0.5, 0.6) is 0 Å². The Morgan fingerprint density at radius 2 is 2.07 bits per heavy atom. The summed E-state index contributed by atoms with van der Waals surface area (Å²) in [5.41, 5.74) is 3.29. The van der Waals surface area contributed by atoms with Gasteiger partial charge >= 0.3 is 0 Å². The highest BCUT2D eigenvalue weighted by atomic mass is 32.2. The second kappa shape index (κ2) is 9.19. The van der Waals surface area contributed by atoms with E-state index < -0.39 is 0 Å². The van der Waals surface area contributed by atoms with Gasteiger partial charge in [0, 0.05) is 58.9 Å². The smallest absolute Gasteiger partial charge is 0.251 e. The van der Waals surface area contributed by atoms with Crippen molar-refractivity contribution in [3.05, 3.63) is 58.7 Å². The number of pyridine rings is 1. The van der Waals surface area contributed by atoms with Gasteiger partial charge in [0.15, 0.2) is 0 Å². The van der Waals surface area contributed by atoms with Crippen molar-refractivity contribution in [3.63, 3.8) is 0 Å². The lowest BCUT2D eigenvalue weighted by atomic mass is 10.1. The Bertz CT molecular complexity index is 1020. The first-order chi connectivity index (χ1) is 14.2. The summed E-state index contributed by atoms with van der Waals surface area (Å²) in [6.45, 7) is 0.571. The monoisotopic (exact) mass is 424 g/mol. The third-order valence-electron chi connectivity index (χ3n) is 4.48. The molecule has 0 aliphatic carbocycles. The van der Waals surface area contributed by atoms with Gasteiger partial charge < -0.3 is 10.6 Å². The van der Waals surface area contributed by atoms with Crippen LogP contribution in [0, 0.1) is 0 Å². The highest BCUT2D eigenvalue weighted by molar-refractivity contribution is 7.99. The number of rotatable bonds is 6. The topological polar surface area (TPSA) is 84.0 Å². The maximum absolute atomic E-state index is 12.4. The van der Waals surface area contributed by atoms with Crippen LogP contribution in [0.4, 0.5) is 5.69 Å². The van der Waals surface area contributed by atoms with E-state index in [-0.39, 0.29) is 11.8 Å². The first-order valence-electron chi connectivity index (χ1n) is 9.39. The Morgan fingerprint density at radius 3 is 2.93 bits per heavy atom. The molecule has 1 aromatic carbocycles. The van der Waals surface area contributed by atoms with Crippen molar-refractivity contribution in [2.24, 2.45) is 0 Å². The number of amides is 2. The number of thioether (sulfide) groups is 1. The molecule has 0 atom stereocenters. The van der Waals surface area contributed by atoms with Crippen LogP contribution in [0.15, 0.2) is 53.0 Å². The molecule has 3 aromatic rings. The largest absolute Gasteiger partial charge is 0.352 e. The maximum atomic E-state index is 12.4. The SMILES string of the molecule is O=C1CCSc2ccc(C(=O)NCCCc3nc(-c4ccncc4)cs3)cc2N1. The lowest BCUT2D eigenvalue weighted by Crippen LogP contribution is -2.25. The Morgan fingerprint density at radius 1 is 1.21 bits per heavy atom. The number of aryl methyl sites for hydroxylation is 1. The predicted octanol–water partition coefficient (Wildman–Crippen LogP) is 4.00. The van der Waals surface area contributed by atoms with Gasteiger partial charge in [0.25, 0.3) is 5.91 Å². The summed E-state index contributed by atoms with van der Waals surface area (Å²) < 4.78 is 0. The van der Waals surface area contributed by atoms with E-state index >= 15 is 0 Å². The molecule has 0 spiro atoms. The molecule has 1 aliphatic rings. The molecular weight excluding hydrogens is 404 g/mol. The number of nitrogens with one attached hydrogen (secondary N) is 2. The number of carbonyl (C=O) groups is 2. The summed E-state index contributed by atoms with van der Waals surface area (Å²) in [6, 6.07) is 9.35. The van der Waals surface area contributed by atoms with E-state index in [0.29, 0.717) is 18.5 Å². The second-order valence-electron chi connectivity index (χ2n) is 6.58. The van der Waals surface area contributed by atoms with Crippen molar-refractivity contribution >= 4 is 40.6 Å². The van der Waals surface area contributed by atoms with Gasteiger partial charge in [0.2, 0.25) is 5.91 Å². The minimum absolute atomic E-state index is 0.0107. The molecule has 2 N–H and O–H groups in total. The van der Waals surface area contributed by atoms with Gasteiger partial charge in [-0.25, -0.2) is 4.98 Å². The van der Waals surface area contributed by atoms with E-state index in [9.17, 15) is 9.59 Å². The van der Waals surface area contributed by atoms with Gasteiger partial charge in [-0.3, -0.25) is 14.6 Å². The standard InChI is InChI=1S/C21H20N4O2S2/c26-19-7-11-28-18-4-3-15(12-16(18)24-19)21(27)23-8-1-2-20-25-17(13-29-20)14-5-9-22-10-6-14/h3-6,9-10,12-13H,1-2,7-8,11H2,(H,23,27)(H,24,26). The summed E-state index contributed by atoms with van der Waals surface area (Å²) >= 11 is 3.26. The highest BCUT2D eigenvalue weighted by Gasteiger charge is 2.15. The van der Waals surface area contributed by atoms with E-state index in [1.54, 1.807) is 47.6 Å². The zero-order valence-electron chi connectivity index (χ0n) is 15.7. The first kappa shape index (κ1) is 19.6. The molecule has 6 nitrogen and oxygen atoms in total. The fourth-order valence-corrected chi connectivity index (χ4v) is 4.77. The maximum Gasteiger partial charge on any atom is 0.251 e. The number of benzene rings is 1. The van der Waals surface area contributed by atoms with Gasteiger partial charge in [0.1, 0.15) is 0 Å². The summed E-state index contributed by atoms with van der Waals surface area (Å²) in [5, 5.41) is 8.92. The molecule has 4 rings (SSSR count). The van der Waals surface area contributed by atoms with Gasteiger partial charge in [-0.2, -0.15) is 0 Å². The fraction of sp³-hybridized carbons (Fsp3) is 0.238. The molecule has 0 fully saturated rings. The minimum Gasteiger partial charge on any atom is -0.352 e. The van der Waals surface area contributed by atoms with Gasteiger partial charge in [-0.15, -0.1) is 23.1 Å². The summed E-state index contributed by atoms with van der Waals surface area (Å²) in [6.07, 6.45) is 5.63. The van der Waals surface area contributed by atoms with Crippen LogP contribution in [0.3, 0.4) is 0 Å². The zero-order valence-corrected chi connectivity index (χ0v) is 17.3. The van der Waals surface area contributed by atoms with Crippen molar-refractivity contribution in [1.29, 1.82) is 0 Å². The fourth-order valence-electron chi connectivity index (χ4n) is 2.99. The van der Waals surface area contributed by atoms with Crippen LogP contribution >= 0.6 is 23.1 Å². The van der Waals surface area contributed by atoms with Gasteiger partial charge in [0.05, 0.1) is 16.4 Å². The molecule has 3 heterocycles. The average Bonchev–Trinajstić information content (AvgIpc) is 3.13. The number of hydrogen-bond donors (Lipinski definition) is 2. The van der Waals surface area contributed by atoms with Crippen LogP contribution < -0.4 is 10.6 Å². The Labute approximate surface area is 177 Å². The molecule has 0 bridgehead atoms. The summed E-state index contributed by atoms with van der Waals surface area (Å²) in [7, 11) is 0. The third kappa shape index (κ3) is 5.02. The number of nitrogens with zero attached hydrogens (tertiary/aromatic N) is 2. The Balaban J connectivity index is 1.28. The average molecular weight is 425 g/mol. The van der Waals surface area contributed by atoms with Crippen LogP contribution in [0.2, 0.25) is 0 Å². The van der Waals surface area contributed by atoms with Gasteiger partial charge in [-0.05, 0) is 36.8 Å². The number of hydrogen-bond acceptors (Lipinski definition) is 6. The molecular formula is C21H20N4O2S2. The number of aromatic nitrogens is 2. The van der Waals surface area contributed by atoms with Crippen molar-refractivity contribution in [2.75, 3.05) is 17.6 Å².